The molecule has 0 atom stereocenters. The minimum Gasteiger partial charge on any atom is -0.379 e. The van der Waals surface area contributed by atoms with Gasteiger partial charge in [0.25, 0.3) is 0 Å². The molecule has 1 amide bonds. The first kappa shape index (κ1) is 18.8. The first-order chi connectivity index (χ1) is 11.3. The van der Waals surface area contributed by atoms with Crippen molar-refractivity contribution in [2.24, 2.45) is 5.92 Å². The average Bonchev–Trinajstić information content (AvgIpc) is 2.56. The number of hydrogen-bond acceptors (Lipinski definition) is 5. The highest BCUT2D eigenvalue weighted by Crippen LogP contribution is 2.19. The Morgan fingerprint density at radius 3 is 2.33 bits per heavy atom. The van der Waals surface area contributed by atoms with Crippen LogP contribution >= 0.6 is 12.2 Å². The topological polar surface area (TPSA) is 87.7 Å². The number of benzene rings is 1. The van der Waals surface area contributed by atoms with Crippen LogP contribution < -0.4 is 10.6 Å². The second-order valence-electron chi connectivity index (χ2n) is 5.64. The number of nitrogens with one attached hydrogen (secondary N) is 2. The number of carbonyl (C=O) groups excluding carboxylic acids is 1. The van der Waals surface area contributed by atoms with Gasteiger partial charge in [0.15, 0.2) is 5.11 Å². The summed E-state index contributed by atoms with van der Waals surface area (Å²) in [5.74, 6) is -0.357. The Morgan fingerprint density at radius 2 is 1.79 bits per heavy atom. The number of amides is 1. The Morgan fingerprint density at radius 1 is 1.21 bits per heavy atom. The average molecular weight is 371 g/mol. The summed E-state index contributed by atoms with van der Waals surface area (Å²) in [6.07, 6.45) is 0. The van der Waals surface area contributed by atoms with E-state index in [1.165, 1.54) is 16.4 Å². The molecule has 1 heterocycles. The highest BCUT2D eigenvalue weighted by Gasteiger charge is 2.26. The minimum absolute atomic E-state index is 0.175. The predicted molar refractivity (Wildman–Crippen MR) is 95.2 cm³/mol. The zero-order valence-electron chi connectivity index (χ0n) is 13.6. The summed E-state index contributed by atoms with van der Waals surface area (Å²) in [5, 5.41) is 5.60. The van der Waals surface area contributed by atoms with E-state index in [2.05, 4.69) is 10.6 Å². The molecule has 0 saturated carbocycles. The van der Waals surface area contributed by atoms with E-state index in [4.69, 9.17) is 17.0 Å². The van der Waals surface area contributed by atoms with Crippen LogP contribution in [0.5, 0.6) is 0 Å². The lowest BCUT2D eigenvalue weighted by Crippen LogP contribution is -2.40. The van der Waals surface area contributed by atoms with Crippen LogP contribution in [0.25, 0.3) is 0 Å². The number of hydrogen-bond donors (Lipinski definition) is 2. The lowest BCUT2D eigenvalue weighted by molar-refractivity contribution is -0.122. The molecule has 7 nitrogen and oxygen atoms in total. The predicted octanol–water partition coefficient (Wildman–Crippen LogP) is 1.18. The van der Waals surface area contributed by atoms with E-state index in [0.717, 1.165) is 0 Å². The van der Waals surface area contributed by atoms with Gasteiger partial charge in [0.05, 0.1) is 18.1 Å². The molecule has 0 aliphatic carbocycles. The van der Waals surface area contributed by atoms with Crippen molar-refractivity contribution >= 4 is 38.9 Å². The van der Waals surface area contributed by atoms with E-state index in [1.807, 2.05) is 0 Å². The quantitative estimate of drug-likeness (QED) is 0.773. The van der Waals surface area contributed by atoms with Crippen molar-refractivity contribution in [3.63, 3.8) is 0 Å². The Balaban J connectivity index is 2.02. The molecule has 0 aromatic heterocycles. The molecule has 24 heavy (non-hydrogen) atoms. The van der Waals surface area contributed by atoms with E-state index in [1.54, 1.807) is 26.0 Å². The molecule has 132 valence electrons. The van der Waals surface area contributed by atoms with Crippen molar-refractivity contribution in [3.8, 4) is 0 Å². The van der Waals surface area contributed by atoms with Gasteiger partial charge in [0.1, 0.15) is 0 Å². The number of sulfonamides is 1. The number of thiocarbonyl (C=S) groups is 1. The lowest BCUT2D eigenvalue weighted by atomic mass is 10.2. The van der Waals surface area contributed by atoms with Crippen molar-refractivity contribution < 1.29 is 17.9 Å². The van der Waals surface area contributed by atoms with Crippen LogP contribution in [-0.2, 0) is 19.6 Å². The van der Waals surface area contributed by atoms with Crippen molar-refractivity contribution in [2.45, 2.75) is 18.7 Å². The van der Waals surface area contributed by atoms with E-state index in [0.29, 0.717) is 32.0 Å². The summed E-state index contributed by atoms with van der Waals surface area (Å²) in [6.45, 7) is 5.05. The highest BCUT2D eigenvalue weighted by atomic mass is 32.2. The van der Waals surface area contributed by atoms with Gasteiger partial charge in [-0.3, -0.25) is 4.79 Å². The van der Waals surface area contributed by atoms with E-state index < -0.39 is 10.0 Å². The lowest BCUT2D eigenvalue weighted by Gasteiger charge is -2.26. The monoisotopic (exact) mass is 371 g/mol. The molecule has 0 spiro atoms. The molecule has 0 unspecified atom stereocenters. The van der Waals surface area contributed by atoms with E-state index >= 15 is 0 Å². The van der Waals surface area contributed by atoms with Gasteiger partial charge in [-0.25, -0.2) is 8.42 Å². The molecule has 1 aromatic carbocycles. The van der Waals surface area contributed by atoms with Crippen LogP contribution in [0.15, 0.2) is 29.2 Å². The van der Waals surface area contributed by atoms with Gasteiger partial charge in [-0.2, -0.15) is 4.31 Å². The van der Waals surface area contributed by atoms with Crippen molar-refractivity contribution in [1.82, 2.24) is 9.62 Å². The molecule has 1 aromatic rings. The maximum atomic E-state index is 12.5. The number of anilines is 1. The third-order valence-corrected chi connectivity index (χ3v) is 5.60. The molecular weight excluding hydrogens is 350 g/mol. The SMILES string of the molecule is CC(C)C(=O)NC(=S)Nc1ccc(S(=O)(=O)N2CCOCC2)cc1. The smallest absolute Gasteiger partial charge is 0.243 e. The summed E-state index contributed by atoms with van der Waals surface area (Å²) in [4.78, 5) is 11.8. The second-order valence-corrected chi connectivity index (χ2v) is 7.99. The number of nitrogens with zero attached hydrogens (tertiary/aromatic N) is 1. The molecule has 9 heteroatoms. The Labute approximate surface area is 147 Å². The van der Waals surface area contributed by atoms with Gasteiger partial charge < -0.3 is 15.4 Å². The fourth-order valence-electron chi connectivity index (χ4n) is 2.06. The molecule has 0 bridgehead atoms. The first-order valence-corrected chi connectivity index (χ1v) is 9.45. The third kappa shape index (κ3) is 4.73. The summed E-state index contributed by atoms with van der Waals surface area (Å²) in [6, 6.07) is 6.25. The maximum Gasteiger partial charge on any atom is 0.243 e. The molecule has 2 N–H and O–H groups in total. The van der Waals surface area contributed by atoms with Crippen LogP contribution in [0, 0.1) is 5.92 Å². The molecule has 1 saturated heterocycles. The van der Waals surface area contributed by atoms with Crippen LogP contribution in [0.4, 0.5) is 5.69 Å². The van der Waals surface area contributed by atoms with Gasteiger partial charge in [0.2, 0.25) is 15.9 Å². The number of rotatable bonds is 4. The first-order valence-electron chi connectivity index (χ1n) is 7.60. The maximum absolute atomic E-state index is 12.5. The Hall–Kier alpha value is -1.55. The van der Waals surface area contributed by atoms with Crippen LogP contribution in [0.1, 0.15) is 13.8 Å². The van der Waals surface area contributed by atoms with Gasteiger partial charge in [-0.15, -0.1) is 0 Å². The highest BCUT2D eigenvalue weighted by molar-refractivity contribution is 7.89. The van der Waals surface area contributed by atoms with Crippen LogP contribution in [-0.4, -0.2) is 50.0 Å². The largest absolute Gasteiger partial charge is 0.379 e. The molecule has 2 rings (SSSR count). The minimum atomic E-state index is -3.51. The molecule has 1 aliphatic heterocycles. The third-order valence-electron chi connectivity index (χ3n) is 3.48. The van der Waals surface area contributed by atoms with Crippen molar-refractivity contribution in [2.75, 3.05) is 31.6 Å². The zero-order valence-corrected chi connectivity index (χ0v) is 15.2. The second kappa shape index (κ2) is 8.02. The standard InChI is InChI=1S/C15H21N3O4S2/c1-11(2)14(19)17-15(23)16-12-3-5-13(6-4-12)24(20,21)18-7-9-22-10-8-18/h3-6,11H,7-10H2,1-2H3,(H2,16,17,19,23). The van der Waals surface area contributed by atoms with Crippen LogP contribution in [0.3, 0.4) is 0 Å². The summed E-state index contributed by atoms with van der Waals surface area (Å²) < 4.78 is 31.6. The zero-order chi connectivity index (χ0) is 17.7. The van der Waals surface area contributed by atoms with Gasteiger partial charge >= 0.3 is 0 Å². The molecule has 1 fully saturated rings. The van der Waals surface area contributed by atoms with Crippen molar-refractivity contribution in [3.05, 3.63) is 24.3 Å². The summed E-state index contributed by atoms with van der Waals surface area (Å²) in [5.41, 5.74) is 0.602. The van der Waals surface area contributed by atoms with Gasteiger partial charge in [0, 0.05) is 24.7 Å². The summed E-state index contributed by atoms with van der Waals surface area (Å²) in [7, 11) is -3.51. The van der Waals surface area contributed by atoms with Crippen LogP contribution in [0.2, 0.25) is 0 Å². The van der Waals surface area contributed by atoms with Gasteiger partial charge in [-0.05, 0) is 36.5 Å². The Bertz CT molecular complexity index is 696. The number of morpholine rings is 1. The Kier molecular flexibility index (Phi) is 6.27. The summed E-state index contributed by atoms with van der Waals surface area (Å²) >= 11 is 5.06. The molecule has 0 radical (unpaired) electrons. The molecular formula is C15H21N3O4S2. The van der Waals surface area contributed by atoms with Crippen molar-refractivity contribution in [1.29, 1.82) is 0 Å². The number of carbonyl (C=O) groups is 1. The fraction of sp³-hybridized carbons (Fsp3) is 0.467. The van der Waals surface area contributed by atoms with E-state index in [-0.39, 0.29) is 21.8 Å². The van der Waals surface area contributed by atoms with E-state index in [9.17, 15) is 13.2 Å². The number of ether oxygens (including phenoxy) is 1. The normalized spacial score (nSPS) is 16.0. The molecule has 1 aliphatic rings. The fourth-order valence-corrected chi connectivity index (χ4v) is 3.69. The van der Waals surface area contributed by atoms with Gasteiger partial charge in [-0.1, -0.05) is 13.8 Å².